The van der Waals surface area contributed by atoms with E-state index >= 15 is 0 Å². The van der Waals surface area contributed by atoms with Crippen LogP contribution in [0.25, 0.3) is 21.5 Å². The topological polar surface area (TPSA) is 38.4 Å². The van der Waals surface area contributed by atoms with Crippen molar-refractivity contribution in [1.82, 2.24) is 5.16 Å². The zero-order valence-electron chi connectivity index (χ0n) is 12.2. The Kier molecular flexibility index (Phi) is 2.97. The first-order valence-electron chi connectivity index (χ1n) is 7.19. The Hall–Kier alpha value is -2.94. The zero-order chi connectivity index (χ0) is 14.9. The van der Waals surface area contributed by atoms with Crippen LogP contribution in [0.15, 0.2) is 70.2 Å². The van der Waals surface area contributed by atoms with E-state index in [1.165, 1.54) is 21.5 Å². The molecule has 0 amide bonds. The van der Waals surface area contributed by atoms with Gasteiger partial charge in [-0.05, 0) is 34.5 Å². The maximum Gasteiger partial charge on any atom is 0.195 e. The lowest BCUT2D eigenvalue weighted by molar-refractivity contribution is 0.399. The number of aryl methyl sites for hydroxylation is 1. The largest absolute Gasteiger partial charge is 0.359 e. The Bertz CT molecular complexity index is 999. The molecule has 0 N–H and O–H groups in total. The van der Waals surface area contributed by atoms with Gasteiger partial charge < -0.3 is 4.52 Å². The molecule has 0 saturated carbocycles. The second-order valence-electron chi connectivity index (χ2n) is 5.29. The van der Waals surface area contributed by atoms with Crippen LogP contribution in [-0.2, 0) is 0 Å². The Morgan fingerprint density at radius 1 is 0.909 bits per heavy atom. The Balaban J connectivity index is 1.93. The van der Waals surface area contributed by atoms with Crippen LogP contribution in [0, 0.1) is 6.92 Å². The predicted molar refractivity (Wildman–Crippen MR) is 89.9 cm³/mol. The molecule has 4 rings (SSSR count). The molecule has 3 aromatic carbocycles. The minimum atomic E-state index is 0.592. The van der Waals surface area contributed by atoms with E-state index in [2.05, 4.69) is 64.7 Å². The van der Waals surface area contributed by atoms with Crippen LogP contribution >= 0.6 is 0 Å². The molecule has 106 valence electrons. The lowest BCUT2D eigenvalue weighted by atomic mass is 9.98. The normalized spacial score (nSPS) is 11.7. The van der Waals surface area contributed by atoms with Crippen LogP contribution in [0.2, 0.25) is 0 Å². The first-order chi connectivity index (χ1) is 10.8. The lowest BCUT2D eigenvalue weighted by Crippen LogP contribution is -1.86. The van der Waals surface area contributed by atoms with Crippen molar-refractivity contribution in [2.24, 2.45) is 4.99 Å². The van der Waals surface area contributed by atoms with E-state index in [9.17, 15) is 0 Å². The summed E-state index contributed by atoms with van der Waals surface area (Å²) in [4.78, 5) is 4.42. The van der Waals surface area contributed by atoms with Crippen molar-refractivity contribution in [2.75, 3.05) is 0 Å². The monoisotopic (exact) mass is 286 g/mol. The molecule has 1 aromatic heterocycles. The summed E-state index contributed by atoms with van der Waals surface area (Å²) in [6.45, 7) is 1.86. The van der Waals surface area contributed by atoms with Gasteiger partial charge in [0.05, 0.1) is 0 Å². The van der Waals surface area contributed by atoms with Gasteiger partial charge in [-0.15, -0.1) is 0 Å². The maximum absolute atomic E-state index is 5.05. The van der Waals surface area contributed by atoms with E-state index in [1.54, 1.807) is 0 Å². The van der Waals surface area contributed by atoms with Crippen LogP contribution in [0.3, 0.4) is 0 Å². The average Bonchev–Trinajstić information content (AvgIpc) is 2.98. The highest BCUT2D eigenvalue weighted by Crippen LogP contribution is 2.28. The van der Waals surface area contributed by atoms with Crippen molar-refractivity contribution in [3.05, 3.63) is 72.0 Å². The molecule has 4 aromatic rings. The molecular weight excluding hydrogens is 272 g/mol. The van der Waals surface area contributed by atoms with Gasteiger partial charge in [0.15, 0.2) is 5.82 Å². The Labute approximate surface area is 127 Å². The Morgan fingerprint density at radius 2 is 1.64 bits per heavy atom. The van der Waals surface area contributed by atoms with Gasteiger partial charge in [-0.3, -0.25) is 0 Å². The van der Waals surface area contributed by atoms with Crippen molar-refractivity contribution in [1.29, 1.82) is 0 Å². The molecule has 0 unspecified atom stereocenters. The fraction of sp³-hybridized carbons (Fsp3) is 0.0526. The molecule has 0 aliphatic carbocycles. The van der Waals surface area contributed by atoms with Gasteiger partial charge >= 0.3 is 0 Å². The van der Waals surface area contributed by atoms with Crippen LogP contribution in [-0.4, -0.2) is 11.4 Å². The van der Waals surface area contributed by atoms with Crippen molar-refractivity contribution < 1.29 is 4.52 Å². The highest BCUT2D eigenvalue weighted by Gasteiger charge is 2.05. The van der Waals surface area contributed by atoms with Gasteiger partial charge in [0.1, 0.15) is 5.76 Å². The van der Waals surface area contributed by atoms with Gasteiger partial charge in [0.2, 0.25) is 0 Å². The van der Waals surface area contributed by atoms with E-state index < -0.39 is 0 Å². The SMILES string of the molecule is Cc1cc(/N=C/c2cc3ccccc3c3ccccc23)no1. The first-order valence-corrected chi connectivity index (χ1v) is 7.19. The molecule has 3 nitrogen and oxygen atoms in total. The van der Waals surface area contributed by atoms with Gasteiger partial charge in [-0.25, -0.2) is 4.99 Å². The molecule has 0 atom stereocenters. The molecule has 1 heterocycles. The Morgan fingerprint density at radius 3 is 2.41 bits per heavy atom. The molecule has 0 radical (unpaired) electrons. The number of aliphatic imine (C=N–C) groups is 1. The number of hydrogen-bond donors (Lipinski definition) is 0. The van der Waals surface area contributed by atoms with E-state index in [0.29, 0.717) is 5.82 Å². The molecule has 0 aliphatic heterocycles. The molecule has 0 saturated heterocycles. The van der Waals surface area contributed by atoms with E-state index in [-0.39, 0.29) is 0 Å². The number of fused-ring (bicyclic) bond motifs is 3. The minimum Gasteiger partial charge on any atom is -0.359 e. The fourth-order valence-electron chi connectivity index (χ4n) is 2.74. The summed E-state index contributed by atoms with van der Waals surface area (Å²) in [6.07, 6.45) is 1.85. The standard InChI is InChI=1S/C19H14N2O/c1-13-10-19(21-22-13)20-12-15-11-14-6-2-3-7-16(14)18-9-5-4-8-17(15)18/h2-12H,1H3/b20-12+. The second-order valence-corrected chi connectivity index (χ2v) is 5.29. The smallest absolute Gasteiger partial charge is 0.195 e. The second kappa shape index (κ2) is 5.11. The predicted octanol–water partition coefficient (Wildman–Crippen LogP) is 5.04. The summed E-state index contributed by atoms with van der Waals surface area (Å²) in [5, 5.41) is 8.78. The van der Waals surface area contributed by atoms with Crippen LogP contribution in [0.1, 0.15) is 11.3 Å². The maximum atomic E-state index is 5.05. The highest BCUT2D eigenvalue weighted by molar-refractivity contribution is 6.14. The fourth-order valence-corrected chi connectivity index (χ4v) is 2.74. The first kappa shape index (κ1) is 12.8. The third kappa shape index (κ3) is 2.17. The molecular formula is C19H14N2O. The number of benzene rings is 3. The molecule has 0 fully saturated rings. The summed E-state index contributed by atoms with van der Waals surface area (Å²) in [5.41, 5.74) is 1.08. The summed E-state index contributed by atoms with van der Waals surface area (Å²) in [5.74, 6) is 1.35. The number of rotatable bonds is 2. The molecule has 0 bridgehead atoms. The summed E-state index contributed by atoms with van der Waals surface area (Å²) < 4.78 is 5.05. The van der Waals surface area contributed by atoms with E-state index in [1.807, 2.05) is 19.2 Å². The quantitative estimate of drug-likeness (QED) is 0.382. The van der Waals surface area contributed by atoms with Crippen LogP contribution < -0.4 is 0 Å². The van der Waals surface area contributed by atoms with Crippen molar-refractivity contribution in [2.45, 2.75) is 6.92 Å². The van der Waals surface area contributed by atoms with Gasteiger partial charge in [0, 0.05) is 17.8 Å². The molecule has 0 aliphatic rings. The third-order valence-electron chi connectivity index (χ3n) is 3.75. The molecule has 22 heavy (non-hydrogen) atoms. The zero-order valence-corrected chi connectivity index (χ0v) is 12.2. The van der Waals surface area contributed by atoms with Gasteiger partial charge in [-0.2, -0.15) is 0 Å². The average molecular weight is 286 g/mol. The van der Waals surface area contributed by atoms with Crippen molar-refractivity contribution >= 4 is 33.6 Å². The lowest BCUT2D eigenvalue weighted by Gasteiger charge is -2.07. The number of aromatic nitrogens is 1. The van der Waals surface area contributed by atoms with Crippen molar-refractivity contribution in [3.63, 3.8) is 0 Å². The van der Waals surface area contributed by atoms with E-state index in [0.717, 1.165) is 11.3 Å². The third-order valence-corrected chi connectivity index (χ3v) is 3.75. The van der Waals surface area contributed by atoms with Crippen LogP contribution in [0.4, 0.5) is 5.82 Å². The summed E-state index contributed by atoms with van der Waals surface area (Å²) in [6, 6.07) is 20.8. The van der Waals surface area contributed by atoms with Crippen LogP contribution in [0.5, 0.6) is 0 Å². The summed E-state index contributed by atoms with van der Waals surface area (Å²) >= 11 is 0. The van der Waals surface area contributed by atoms with Crippen molar-refractivity contribution in [3.8, 4) is 0 Å². The number of nitrogens with zero attached hydrogens (tertiary/aromatic N) is 2. The molecule has 3 heteroatoms. The summed E-state index contributed by atoms with van der Waals surface area (Å²) in [7, 11) is 0. The van der Waals surface area contributed by atoms with Gasteiger partial charge in [0.25, 0.3) is 0 Å². The minimum absolute atomic E-state index is 0.592. The molecule has 0 spiro atoms. The highest BCUT2D eigenvalue weighted by atomic mass is 16.5. The number of hydrogen-bond acceptors (Lipinski definition) is 3. The van der Waals surface area contributed by atoms with E-state index in [4.69, 9.17) is 4.52 Å². The van der Waals surface area contributed by atoms with Gasteiger partial charge in [-0.1, -0.05) is 53.7 Å².